The second-order valence-electron chi connectivity index (χ2n) is 3.54. The van der Waals surface area contributed by atoms with Gasteiger partial charge < -0.3 is 5.32 Å². The van der Waals surface area contributed by atoms with Crippen molar-refractivity contribution in [2.24, 2.45) is 0 Å². The molecule has 2 rings (SSSR count). The molecule has 1 unspecified atom stereocenters. The van der Waals surface area contributed by atoms with E-state index in [1.807, 2.05) is 0 Å². The molecule has 0 aliphatic carbocycles. The van der Waals surface area contributed by atoms with Crippen molar-refractivity contribution in [2.45, 2.75) is 19.4 Å². The molecule has 1 aromatic carbocycles. The number of benzene rings is 1. The van der Waals surface area contributed by atoms with Crippen molar-refractivity contribution in [3.63, 3.8) is 0 Å². The molecule has 5 nitrogen and oxygen atoms in total. The summed E-state index contributed by atoms with van der Waals surface area (Å²) < 4.78 is 26.4. The molecule has 2 aromatic rings. The van der Waals surface area contributed by atoms with E-state index in [4.69, 9.17) is 0 Å². The first-order valence-electron chi connectivity index (χ1n) is 5.05. The molecular formula is C10H11F2N5. The fourth-order valence-electron chi connectivity index (χ4n) is 1.38. The maximum absolute atomic E-state index is 12.5. The standard InChI is InChI=1S/C10H11F2N5/c1-7(10(11)12)14-8-4-2-3-5-9(8)17-6-13-15-16-17/h2-7,10,14H,1H3. The number of tetrazole rings is 1. The number of nitrogens with zero attached hydrogens (tertiary/aromatic N) is 4. The predicted octanol–water partition coefficient (Wildman–Crippen LogP) is 1.73. The number of alkyl halides is 2. The Morgan fingerprint density at radius 1 is 1.29 bits per heavy atom. The highest BCUT2D eigenvalue weighted by atomic mass is 19.3. The van der Waals surface area contributed by atoms with Gasteiger partial charge in [0.15, 0.2) is 0 Å². The SMILES string of the molecule is CC(Nc1ccccc1-n1cnnn1)C(F)F. The van der Waals surface area contributed by atoms with E-state index in [9.17, 15) is 8.78 Å². The predicted molar refractivity (Wildman–Crippen MR) is 58.2 cm³/mol. The van der Waals surface area contributed by atoms with Crippen LogP contribution in [0.2, 0.25) is 0 Å². The fraction of sp³-hybridized carbons (Fsp3) is 0.300. The molecule has 0 bridgehead atoms. The van der Waals surface area contributed by atoms with Crippen molar-refractivity contribution >= 4 is 5.69 Å². The number of aromatic nitrogens is 4. The van der Waals surface area contributed by atoms with Crippen molar-refractivity contribution < 1.29 is 8.78 Å². The van der Waals surface area contributed by atoms with Gasteiger partial charge in [0.25, 0.3) is 6.43 Å². The third-order valence-corrected chi connectivity index (χ3v) is 2.26. The van der Waals surface area contributed by atoms with E-state index in [2.05, 4.69) is 20.8 Å². The smallest absolute Gasteiger partial charge is 0.258 e. The molecule has 1 heterocycles. The normalized spacial score (nSPS) is 12.7. The van der Waals surface area contributed by atoms with Gasteiger partial charge >= 0.3 is 0 Å². The molecule has 1 N–H and O–H groups in total. The summed E-state index contributed by atoms with van der Waals surface area (Å²) in [7, 11) is 0. The molecule has 0 spiro atoms. The summed E-state index contributed by atoms with van der Waals surface area (Å²) >= 11 is 0. The van der Waals surface area contributed by atoms with Crippen LogP contribution in [0.25, 0.3) is 5.69 Å². The van der Waals surface area contributed by atoms with Crippen molar-refractivity contribution in [2.75, 3.05) is 5.32 Å². The summed E-state index contributed by atoms with van der Waals surface area (Å²) in [5, 5.41) is 13.5. The molecule has 1 aromatic heterocycles. The van der Waals surface area contributed by atoms with Gasteiger partial charge in [0.1, 0.15) is 6.33 Å². The number of rotatable bonds is 4. The van der Waals surface area contributed by atoms with Crippen LogP contribution in [0.1, 0.15) is 6.92 Å². The van der Waals surface area contributed by atoms with Gasteiger partial charge in [0.2, 0.25) is 0 Å². The van der Waals surface area contributed by atoms with E-state index in [1.54, 1.807) is 24.3 Å². The Morgan fingerprint density at radius 3 is 2.71 bits per heavy atom. The summed E-state index contributed by atoms with van der Waals surface area (Å²) in [5.74, 6) is 0. The van der Waals surface area contributed by atoms with Gasteiger partial charge in [-0.2, -0.15) is 4.68 Å². The second-order valence-corrected chi connectivity index (χ2v) is 3.54. The Hall–Kier alpha value is -2.05. The van der Waals surface area contributed by atoms with Crippen molar-refractivity contribution in [1.29, 1.82) is 0 Å². The Morgan fingerprint density at radius 2 is 2.06 bits per heavy atom. The number of nitrogens with one attached hydrogen (secondary N) is 1. The van der Waals surface area contributed by atoms with E-state index >= 15 is 0 Å². The van der Waals surface area contributed by atoms with Crippen LogP contribution in [0, 0.1) is 0 Å². The Kier molecular flexibility index (Phi) is 3.27. The molecule has 0 amide bonds. The quantitative estimate of drug-likeness (QED) is 0.882. The molecule has 90 valence electrons. The first-order valence-corrected chi connectivity index (χ1v) is 5.05. The highest BCUT2D eigenvalue weighted by Crippen LogP contribution is 2.20. The van der Waals surface area contributed by atoms with Crippen molar-refractivity contribution in [3.05, 3.63) is 30.6 Å². The third-order valence-electron chi connectivity index (χ3n) is 2.26. The topological polar surface area (TPSA) is 55.6 Å². The van der Waals surface area contributed by atoms with Crippen molar-refractivity contribution in [3.8, 4) is 5.69 Å². The van der Waals surface area contributed by atoms with E-state index in [0.29, 0.717) is 11.4 Å². The number of hydrogen-bond acceptors (Lipinski definition) is 4. The van der Waals surface area contributed by atoms with Crippen LogP contribution >= 0.6 is 0 Å². The highest BCUT2D eigenvalue weighted by molar-refractivity contribution is 5.60. The van der Waals surface area contributed by atoms with Crippen LogP contribution < -0.4 is 5.32 Å². The summed E-state index contributed by atoms with van der Waals surface area (Å²) in [6.45, 7) is 1.42. The minimum atomic E-state index is -2.43. The molecule has 0 aliphatic heterocycles. The third kappa shape index (κ3) is 2.55. The van der Waals surface area contributed by atoms with Crippen molar-refractivity contribution in [1.82, 2.24) is 20.2 Å². The lowest BCUT2D eigenvalue weighted by Gasteiger charge is -2.16. The molecule has 0 fully saturated rings. The highest BCUT2D eigenvalue weighted by Gasteiger charge is 2.16. The maximum atomic E-state index is 12.5. The lowest BCUT2D eigenvalue weighted by atomic mass is 10.2. The van der Waals surface area contributed by atoms with E-state index in [1.165, 1.54) is 17.9 Å². The summed E-state index contributed by atoms with van der Waals surface area (Å²) in [6, 6.07) is 6.06. The van der Waals surface area contributed by atoms with E-state index in [0.717, 1.165) is 0 Å². The number of hydrogen-bond donors (Lipinski definition) is 1. The van der Waals surface area contributed by atoms with Gasteiger partial charge in [-0.3, -0.25) is 0 Å². The number of para-hydroxylation sites is 2. The van der Waals surface area contributed by atoms with Gasteiger partial charge in [-0.05, 0) is 29.5 Å². The Balaban J connectivity index is 2.29. The molecule has 7 heteroatoms. The van der Waals surface area contributed by atoms with Gasteiger partial charge in [0.05, 0.1) is 17.4 Å². The van der Waals surface area contributed by atoms with E-state index in [-0.39, 0.29) is 0 Å². The second kappa shape index (κ2) is 4.86. The van der Waals surface area contributed by atoms with Gasteiger partial charge in [0, 0.05) is 0 Å². The average molecular weight is 239 g/mol. The van der Waals surface area contributed by atoms with Crippen LogP contribution in [0.15, 0.2) is 30.6 Å². The van der Waals surface area contributed by atoms with E-state index < -0.39 is 12.5 Å². The minimum absolute atomic E-state index is 0.563. The summed E-state index contributed by atoms with van der Waals surface area (Å²) in [5.41, 5.74) is 1.19. The van der Waals surface area contributed by atoms with Crippen LogP contribution in [0.3, 0.4) is 0 Å². The lowest BCUT2D eigenvalue weighted by molar-refractivity contribution is 0.130. The largest absolute Gasteiger partial charge is 0.375 e. The maximum Gasteiger partial charge on any atom is 0.258 e. The van der Waals surface area contributed by atoms with Gasteiger partial charge in [-0.1, -0.05) is 12.1 Å². The summed E-state index contributed by atoms with van der Waals surface area (Å²) in [4.78, 5) is 0. The van der Waals surface area contributed by atoms with Gasteiger partial charge in [-0.15, -0.1) is 5.10 Å². The van der Waals surface area contributed by atoms with Crippen LogP contribution in [0.5, 0.6) is 0 Å². The number of anilines is 1. The minimum Gasteiger partial charge on any atom is -0.375 e. The Bertz CT molecular complexity index is 471. The average Bonchev–Trinajstić information content (AvgIpc) is 2.83. The zero-order chi connectivity index (χ0) is 12.3. The molecule has 0 saturated carbocycles. The molecular weight excluding hydrogens is 228 g/mol. The molecule has 0 aliphatic rings. The monoisotopic (exact) mass is 239 g/mol. The molecule has 1 atom stereocenters. The molecule has 0 saturated heterocycles. The summed E-state index contributed by atoms with van der Waals surface area (Å²) in [6.07, 6.45) is -1.02. The fourth-order valence-corrected chi connectivity index (χ4v) is 1.38. The van der Waals surface area contributed by atoms with Crippen LogP contribution in [0.4, 0.5) is 14.5 Å². The zero-order valence-corrected chi connectivity index (χ0v) is 9.09. The lowest BCUT2D eigenvalue weighted by Crippen LogP contribution is -2.24. The molecule has 0 radical (unpaired) electrons. The van der Waals surface area contributed by atoms with Gasteiger partial charge in [-0.25, -0.2) is 8.78 Å². The van der Waals surface area contributed by atoms with Crippen LogP contribution in [-0.4, -0.2) is 32.7 Å². The number of halogens is 2. The molecule has 17 heavy (non-hydrogen) atoms. The van der Waals surface area contributed by atoms with Crippen LogP contribution in [-0.2, 0) is 0 Å². The first kappa shape index (κ1) is 11.4. The first-order chi connectivity index (χ1) is 8.18. The Labute approximate surface area is 96.4 Å². The zero-order valence-electron chi connectivity index (χ0n) is 9.09.